The Balaban J connectivity index is 2.17. The number of hydrogen-bond donors (Lipinski definition) is 1. The molecule has 0 aliphatic heterocycles. The lowest BCUT2D eigenvalue weighted by molar-refractivity contribution is 0.102. The first-order valence-corrected chi connectivity index (χ1v) is 5.23. The van der Waals surface area contributed by atoms with Gasteiger partial charge >= 0.3 is 0 Å². The average Bonchev–Trinajstić information content (AvgIpc) is 2.74. The number of phenolic OH excluding ortho intramolecular Hbond substituents is 1. The van der Waals surface area contributed by atoms with Crippen molar-refractivity contribution < 1.29 is 14.3 Å². The largest absolute Gasteiger partial charge is 0.507 e. The van der Waals surface area contributed by atoms with Crippen LogP contribution in [0.25, 0.3) is 6.08 Å². The van der Waals surface area contributed by atoms with Crippen molar-refractivity contribution in [3.05, 3.63) is 59.6 Å². The van der Waals surface area contributed by atoms with E-state index in [4.69, 9.17) is 4.42 Å². The normalized spacial score (nSPS) is 10.9. The average molecular weight is 228 g/mol. The van der Waals surface area contributed by atoms with Crippen LogP contribution in [0.15, 0.2) is 46.9 Å². The number of hydrogen-bond acceptors (Lipinski definition) is 3. The van der Waals surface area contributed by atoms with Crippen molar-refractivity contribution in [1.82, 2.24) is 0 Å². The van der Waals surface area contributed by atoms with Crippen molar-refractivity contribution in [3.63, 3.8) is 0 Å². The van der Waals surface area contributed by atoms with Gasteiger partial charge in [0.15, 0.2) is 5.76 Å². The van der Waals surface area contributed by atoms with E-state index in [9.17, 15) is 9.90 Å². The Morgan fingerprint density at radius 2 is 2.00 bits per heavy atom. The van der Waals surface area contributed by atoms with Crippen molar-refractivity contribution >= 4 is 11.9 Å². The van der Waals surface area contributed by atoms with E-state index >= 15 is 0 Å². The molecule has 0 bridgehead atoms. The number of benzene rings is 1. The maximum Gasteiger partial charge on any atom is 0.221 e. The minimum atomic E-state index is -0.221. The smallest absolute Gasteiger partial charge is 0.221 e. The molecule has 17 heavy (non-hydrogen) atoms. The number of phenols is 1. The van der Waals surface area contributed by atoms with E-state index in [0.717, 1.165) is 0 Å². The maximum absolute atomic E-state index is 11.7. The predicted octanol–water partition coefficient (Wildman–Crippen LogP) is 3.19. The minimum Gasteiger partial charge on any atom is -0.507 e. The quantitative estimate of drug-likeness (QED) is 0.648. The summed E-state index contributed by atoms with van der Waals surface area (Å²) >= 11 is 0. The first-order valence-electron chi connectivity index (χ1n) is 5.23. The molecule has 1 aromatic heterocycles. The zero-order chi connectivity index (χ0) is 12.3. The molecule has 0 unspecified atom stereocenters. The molecular formula is C14H12O3. The van der Waals surface area contributed by atoms with Gasteiger partial charge in [-0.05, 0) is 37.3 Å². The number of ketones is 1. The monoisotopic (exact) mass is 228 g/mol. The summed E-state index contributed by atoms with van der Waals surface area (Å²) in [6.07, 6.45) is 2.95. The molecule has 0 aliphatic carbocycles. The minimum absolute atomic E-state index is 0.146. The third-order valence-corrected chi connectivity index (χ3v) is 2.33. The fraction of sp³-hybridized carbons (Fsp3) is 0.0714. The summed E-state index contributed by atoms with van der Waals surface area (Å²) in [6.45, 7) is 1.78. The number of furan rings is 1. The van der Waals surface area contributed by atoms with Crippen molar-refractivity contribution in [2.45, 2.75) is 6.92 Å². The van der Waals surface area contributed by atoms with Crippen molar-refractivity contribution in [2.75, 3.05) is 0 Å². The Kier molecular flexibility index (Phi) is 3.10. The highest BCUT2D eigenvalue weighted by Crippen LogP contribution is 2.17. The van der Waals surface area contributed by atoms with Gasteiger partial charge in [0, 0.05) is 5.56 Å². The van der Waals surface area contributed by atoms with Crippen molar-refractivity contribution in [1.29, 1.82) is 0 Å². The summed E-state index contributed by atoms with van der Waals surface area (Å²) in [7, 11) is 0. The number of rotatable bonds is 3. The third kappa shape index (κ3) is 2.64. The molecule has 2 rings (SSSR count). The van der Waals surface area contributed by atoms with Crippen LogP contribution in [0.2, 0.25) is 0 Å². The van der Waals surface area contributed by atoms with E-state index in [0.29, 0.717) is 17.1 Å². The van der Waals surface area contributed by atoms with Gasteiger partial charge in [0.05, 0.1) is 0 Å². The lowest BCUT2D eigenvalue weighted by atomic mass is 10.1. The second kappa shape index (κ2) is 4.70. The molecule has 0 amide bonds. The van der Waals surface area contributed by atoms with Crippen LogP contribution in [-0.2, 0) is 0 Å². The predicted molar refractivity (Wildman–Crippen MR) is 64.9 cm³/mol. The van der Waals surface area contributed by atoms with Crippen molar-refractivity contribution in [3.8, 4) is 5.75 Å². The molecule has 0 spiro atoms. The maximum atomic E-state index is 11.7. The Hall–Kier alpha value is -2.29. The van der Waals surface area contributed by atoms with Crippen LogP contribution in [0.3, 0.4) is 0 Å². The number of aryl methyl sites for hydroxylation is 1. The number of carbonyl (C=O) groups is 1. The molecule has 1 heterocycles. The molecule has 2 aromatic rings. The molecule has 1 N–H and O–H groups in total. The third-order valence-electron chi connectivity index (χ3n) is 2.33. The molecule has 1 aromatic carbocycles. The van der Waals surface area contributed by atoms with Gasteiger partial charge in [0.25, 0.3) is 0 Å². The van der Waals surface area contributed by atoms with Crippen LogP contribution in [0.5, 0.6) is 5.75 Å². The zero-order valence-electron chi connectivity index (χ0n) is 9.38. The molecule has 0 atom stereocenters. The van der Waals surface area contributed by atoms with Crippen LogP contribution in [-0.4, -0.2) is 10.9 Å². The van der Waals surface area contributed by atoms with Crippen LogP contribution in [0.1, 0.15) is 21.9 Å². The van der Waals surface area contributed by atoms with Crippen LogP contribution in [0.4, 0.5) is 0 Å². The highest BCUT2D eigenvalue weighted by molar-refractivity contribution is 6.05. The number of aromatic hydroxyl groups is 1. The highest BCUT2D eigenvalue weighted by Gasteiger charge is 2.06. The second-order valence-corrected chi connectivity index (χ2v) is 3.67. The van der Waals surface area contributed by atoms with Gasteiger partial charge in [-0.3, -0.25) is 4.79 Å². The number of carbonyl (C=O) groups excluding carboxylic acids is 1. The van der Waals surface area contributed by atoms with Gasteiger partial charge in [0.1, 0.15) is 11.5 Å². The summed E-state index contributed by atoms with van der Waals surface area (Å²) < 4.78 is 5.20. The molecule has 3 heteroatoms. The molecule has 0 radical (unpaired) electrons. The first-order chi connectivity index (χ1) is 8.16. The lowest BCUT2D eigenvalue weighted by Gasteiger charge is -1.96. The van der Waals surface area contributed by atoms with Crippen LogP contribution < -0.4 is 0 Å². The topological polar surface area (TPSA) is 50.4 Å². The molecule has 86 valence electrons. The lowest BCUT2D eigenvalue weighted by Crippen LogP contribution is -1.90. The van der Waals surface area contributed by atoms with Gasteiger partial charge in [-0.2, -0.15) is 0 Å². The van der Waals surface area contributed by atoms with E-state index in [1.165, 1.54) is 6.08 Å². The fourth-order valence-electron chi connectivity index (χ4n) is 1.44. The Morgan fingerprint density at radius 3 is 2.65 bits per heavy atom. The molecule has 0 aliphatic rings. The van der Waals surface area contributed by atoms with Gasteiger partial charge in [0.2, 0.25) is 5.78 Å². The van der Waals surface area contributed by atoms with Gasteiger partial charge in [-0.25, -0.2) is 0 Å². The highest BCUT2D eigenvalue weighted by atomic mass is 16.3. The first kappa shape index (κ1) is 11.2. The molecule has 0 fully saturated rings. The summed E-state index contributed by atoms with van der Waals surface area (Å²) in [6, 6.07) is 10.2. The Labute approximate surface area is 99.0 Å². The summed E-state index contributed by atoms with van der Waals surface area (Å²) in [5, 5.41) is 9.51. The van der Waals surface area contributed by atoms with Gasteiger partial charge in [-0.15, -0.1) is 0 Å². The Morgan fingerprint density at radius 1 is 1.24 bits per heavy atom. The molecule has 3 nitrogen and oxygen atoms in total. The fourth-order valence-corrected chi connectivity index (χ4v) is 1.44. The van der Waals surface area contributed by atoms with E-state index < -0.39 is 0 Å². The zero-order valence-corrected chi connectivity index (χ0v) is 9.38. The molecule has 0 saturated carbocycles. The van der Waals surface area contributed by atoms with Crippen LogP contribution >= 0.6 is 0 Å². The van der Waals surface area contributed by atoms with Gasteiger partial charge in [-0.1, -0.05) is 18.2 Å². The SMILES string of the molecule is Cc1ccc(C(=O)C=Cc2ccccc2O)o1. The molecular weight excluding hydrogens is 216 g/mol. The Bertz CT molecular complexity index is 564. The molecule has 0 saturated heterocycles. The standard InChI is InChI=1S/C14H12O3/c1-10-6-9-14(17-10)13(16)8-7-11-4-2-3-5-12(11)15/h2-9,15H,1H3. The second-order valence-electron chi connectivity index (χ2n) is 3.67. The summed E-state index contributed by atoms with van der Waals surface area (Å²) in [4.78, 5) is 11.7. The number of para-hydroxylation sites is 1. The van der Waals surface area contributed by atoms with E-state index in [1.54, 1.807) is 49.4 Å². The van der Waals surface area contributed by atoms with E-state index in [-0.39, 0.29) is 11.5 Å². The van der Waals surface area contributed by atoms with Gasteiger partial charge < -0.3 is 9.52 Å². The van der Waals surface area contributed by atoms with E-state index in [2.05, 4.69) is 0 Å². The number of allylic oxidation sites excluding steroid dienone is 1. The van der Waals surface area contributed by atoms with E-state index in [1.807, 2.05) is 0 Å². The van der Waals surface area contributed by atoms with Crippen molar-refractivity contribution in [2.24, 2.45) is 0 Å². The summed E-state index contributed by atoms with van der Waals surface area (Å²) in [5.41, 5.74) is 0.601. The summed E-state index contributed by atoms with van der Waals surface area (Å²) in [5.74, 6) is 0.923. The van der Waals surface area contributed by atoms with Crippen LogP contribution in [0, 0.1) is 6.92 Å².